The number of anilines is 1. The maximum Gasteiger partial charge on any atom is 0.273 e. The van der Waals surface area contributed by atoms with Crippen molar-refractivity contribution in [2.75, 3.05) is 5.32 Å². The lowest BCUT2D eigenvalue weighted by Gasteiger charge is -2.06. The summed E-state index contributed by atoms with van der Waals surface area (Å²) in [5.74, 6) is 0.452. The van der Waals surface area contributed by atoms with E-state index in [1.165, 1.54) is 16.9 Å². The maximum absolute atomic E-state index is 12.5. The third kappa shape index (κ3) is 4.66. The van der Waals surface area contributed by atoms with Crippen LogP contribution in [0.15, 0.2) is 68.5 Å². The average molecular weight is 440 g/mol. The summed E-state index contributed by atoms with van der Waals surface area (Å²) < 4.78 is 1.91. The van der Waals surface area contributed by atoms with Gasteiger partial charge in [0.1, 0.15) is 0 Å². The predicted molar refractivity (Wildman–Crippen MR) is 118 cm³/mol. The van der Waals surface area contributed by atoms with E-state index in [9.17, 15) is 14.4 Å². The van der Waals surface area contributed by atoms with Crippen molar-refractivity contribution in [2.24, 2.45) is 0 Å². The molecule has 4 rings (SSSR count). The summed E-state index contributed by atoms with van der Waals surface area (Å²) in [6.07, 6.45) is 0.0141. The number of rotatable bonds is 7. The van der Waals surface area contributed by atoms with Crippen LogP contribution < -0.4 is 16.4 Å². The van der Waals surface area contributed by atoms with Gasteiger partial charge in [-0.05, 0) is 17.7 Å². The van der Waals surface area contributed by atoms with Crippen molar-refractivity contribution in [3.05, 3.63) is 80.9 Å². The first-order chi connectivity index (χ1) is 14.6. The number of thioether (sulfide) groups is 1. The van der Waals surface area contributed by atoms with Gasteiger partial charge in [-0.1, -0.05) is 65.6 Å². The van der Waals surface area contributed by atoms with Crippen LogP contribution in [-0.4, -0.2) is 25.9 Å². The number of benzene rings is 2. The molecule has 2 aromatic heterocycles. The van der Waals surface area contributed by atoms with Crippen molar-refractivity contribution in [1.82, 2.24) is 20.0 Å². The molecule has 10 heteroatoms. The van der Waals surface area contributed by atoms with Gasteiger partial charge in [-0.15, -0.1) is 10.2 Å². The number of aromatic nitrogens is 4. The van der Waals surface area contributed by atoms with Gasteiger partial charge in [-0.3, -0.25) is 19.5 Å². The van der Waals surface area contributed by atoms with E-state index < -0.39 is 0 Å². The SMILES string of the molecule is O=C(CCn1[nH]c(=O)c2ccccc2c1=O)Nc1nnc(SCc2ccccc2)s1. The van der Waals surface area contributed by atoms with Crippen LogP contribution in [-0.2, 0) is 17.1 Å². The number of carbonyl (C=O) groups excluding carboxylic acids is 1. The number of hydrogen-bond donors (Lipinski definition) is 2. The molecule has 0 saturated carbocycles. The molecule has 0 aliphatic rings. The lowest BCUT2D eigenvalue weighted by molar-refractivity contribution is -0.116. The molecule has 0 saturated heterocycles. The van der Waals surface area contributed by atoms with E-state index in [0.29, 0.717) is 15.9 Å². The fraction of sp³-hybridized carbons (Fsp3) is 0.150. The van der Waals surface area contributed by atoms with E-state index in [1.807, 2.05) is 30.3 Å². The van der Waals surface area contributed by atoms with Crippen LogP contribution in [0.4, 0.5) is 5.13 Å². The number of fused-ring (bicyclic) bond motifs is 1. The zero-order chi connectivity index (χ0) is 20.9. The number of nitrogens with one attached hydrogen (secondary N) is 2. The number of aryl methyl sites for hydroxylation is 1. The molecule has 0 atom stereocenters. The summed E-state index contributed by atoms with van der Waals surface area (Å²) in [5.41, 5.74) is 0.474. The van der Waals surface area contributed by atoms with Gasteiger partial charge in [0, 0.05) is 12.2 Å². The Balaban J connectivity index is 1.35. The molecule has 0 spiro atoms. The Kier molecular flexibility index (Phi) is 6.05. The van der Waals surface area contributed by atoms with Crippen molar-refractivity contribution in [2.45, 2.75) is 23.1 Å². The summed E-state index contributed by atoms with van der Waals surface area (Å²) in [5, 5.41) is 14.3. The first-order valence-electron chi connectivity index (χ1n) is 9.12. The highest BCUT2D eigenvalue weighted by atomic mass is 32.2. The molecule has 0 aliphatic heterocycles. The Morgan fingerprint density at radius 2 is 1.77 bits per heavy atom. The van der Waals surface area contributed by atoms with Crippen LogP contribution in [0.5, 0.6) is 0 Å². The van der Waals surface area contributed by atoms with Crippen molar-refractivity contribution in [1.29, 1.82) is 0 Å². The number of carbonyl (C=O) groups is 1. The standard InChI is InChI=1S/C20H17N5O3S2/c26-16(10-11-25-18(28)15-9-5-4-8-14(15)17(27)24-25)21-19-22-23-20(30-19)29-12-13-6-2-1-3-7-13/h1-9H,10-12H2,(H,24,27)(H,21,22,26). The molecule has 1 amide bonds. The third-order valence-electron chi connectivity index (χ3n) is 4.30. The number of H-pyrrole nitrogens is 1. The Morgan fingerprint density at radius 3 is 2.57 bits per heavy atom. The summed E-state index contributed by atoms with van der Waals surface area (Å²) in [6.45, 7) is 0.0547. The first-order valence-corrected chi connectivity index (χ1v) is 10.9. The topological polar surface area (TPSA) is 110 Å². The molecule has 0 fully saturated rings. The molecule has 0 aliphatic carbocycles. The highest BCUT2D eigenvalue weighted by Gasteiger charge is 2.11. The largest absolute Gasteiger partial charge is 0.300 e. The van der Waals surface area contributed by atoms with Crippen LogP contribution >= 0.6 is 23.1 Å². The highest BCUT2D eigenvalue weighted by Crippen LogP contribution is 2.28. The molecular weight excluding hydrogens is 422 g/mol. The van der Waals surface area contributed by atoms with Gasteiger partial charge in [0.15, 0.2) is 4.34 Å². The van der Waals surface area contributed by atoms with Gasteiger partial charge in [0.05, 0.1) is 17.3 Å². The second kappa shape index (κ2) is 9.06. The minimum atomic E-state index is -0.366. The Bertz CT molecular complexity index is 1300. The van der Waals surface area contributed by atoms with Crippen molar-refractivity contribution in [3.8, 4) is 0 Å². The zero-order valence-corrected chi connectivity index (χ0v) is 17.3. The fourth-order valence-electron chi connectivity index (χ4n) is 2.84. The molecule has 2 heterocycles. The second-order valence-corrected chi connectivity index (χ2v) is 8.59. The van der Waals surface area contributed by atoms with Crippen LogP contribution in [0, 0.1) is 0 Å². The molecule has 8 nitrogen and oxygen atoms in total. The molecule has 0 radical (unpaired) electrons. The van der Waals surface area contributed by atoms with Crippen LogP contribution in [0.1, 0.15) is 12.0 Å². The lowest BCUT2D eigenvalue weighted by Crippen LogP contribution is -2.31. The molecule has 2 aromatic carbocycles. The molecule has 4 aromatic rings. The molecule has 0 bridgehead atoms. The zero-order valence-electron chi connectivity index (χ0n) is 15.7. The maximum atomic E-state index is 12.5. The summed E-state index contributed by atoms with van der Waals surface area (Å²) in [6, 6.07) is 16.6. The van der Waals surface area contributed by atoms with Gasteiger partial charge >= 0.3 is 0 Å². The molecule has 152 valence electrons. The van der Waals surface area contributed by atoms with E-state index in [2.05, 4.69) is 20.6 Å². The monoisotopic (exact) mass is 439 g/mol. The van der Waals surface area contributed by atoms with Gasteiger partial charge in [-0.25, -0.2) is 4.68 Å². The lowest BCUT2D eigenvalue weighted by atomic mass is 10.2. The normalized spacial score (nSPS) is 10.9. The van der Waals surface area contributed by atoms with Gasteiger partial charge in [0.2, 0.25) is 11.0 Å². The van der Waals surface area contributed by atoms with Gasteiger partial charge < -0.3 is 5.32 Å². The fourth-order valence-corrected chi connectivity index (χ4v) is 4.56. The summed E-state index contributed by atoms with van der Waals surface area (Å²) in [7, 11) is 0. The summed E-state index contributed by atoms with van der Waals surface area (Å²) in [4.78, 5) is 36.8. The van der Waals surface area contributed by atoms with Gasteiger partial charge in [0.25, 0.3) is 11.1 Å². The van der Waals surface area contributed by atoms with Gasteiger partial charge in [-0.2, -0.15) is 0 Å². The minimum Gasteiger partial charge on any atom is -0.300 e. The Morgan fingerprint density at radius 1 is 1.03 bits per heavy atom. The smallest absolute Gasteiger partial charge is 0.273 e. The predicted octanol–water partition coefficient (Wildman–Crippen LogP) is 2.86. The number of hydrogen-bond acceptors (Lipinski definition) is 7. The van der Waals surface area contributed by atoms with Crippen LogP contribution in [0.2, 0.25) is 0 Å². The van der Waals surface area contributed by atoms with Crippen molar-refractivity contribution < 1.29 is 4.79 Å². The average Bonchev–Trinajstić information content (AvgIpc) is 3.22. The molecular formula is C20H17N5O3S2. The number of amides is 1. The van der Waals surface area contributed by atoms with E-state index in [0.717, 1.165) is 14.8 Å². The van der Waals surface area contributed by atoms with E-state index in [4.69, 9.17) is 0 Å². The second-order valence-electron chi connectivity index (χ2n) is 6.39. The first kappa shape index (κ1) is 20.0. The quantitative estimate of drug-likeness (QED) is 0.338. The third-order valence-corrected chi connectivity index (χ3v) is 6.35. The number of nitrogens with zero attached hydrogens (tertiary/aromatic N) is 3. The molecule has 2 N–H and O–H groups in total. The Labute approximate surface area is 179 Å². The van der Waals surface area contributed by atoms with E-state index >= 15 is 0 Å². The van der Waals surface area contributed by atoms with Crippen molar-refractivity contribution in [3.63, 3.8) is 0 Å². The minimum absolute atomic E-state index is 0.0141. The Hall–Kier alpha value is -3.24. The summed E-state index contributed by atoms with van der Waals surface area (Å²) >= 11 is 2.84. The highest BCUT2D eigenvalue weighted by molar-refractivity contribution is 8.00. The van der Waals surface area contributed by atoms with Crippen LogP contribution in [0.25, 0.3) is 10.8 Å². The molecule has 0 unspecified atom stereocenters. The molecule has 30 heavy (non-hydrogen) atoms. The van der Waals surface area contributed by atoms with Crippen LogP contribution in [0.3, 0.4) is 0 Å². The number of aromatic amines is 1. The van der Waals surface area contributed by atoms with E-state index in [-0.39, 0.29) is 30.0 Å². The van der Waals surface area contributed by atoms with Crippen molar-refractivity contribution >= 4 is 44.9 Å². The van der Waals surface area contributed by atoms with E-state index in [1.54, 1.807) is 36.0 Å².